The number of benzene rings is 1. The molecule has 0 aliphatic heterocycles. The molecule has 5 nitrogen and oxygen atoms in total. The molecule has 2 aliphatic rings. The SMILES string of the molecule is N#CC1(NC(=O)COC(=O)C2(c3ccccc3)CCC2)CCCCC1. The summed E-state index contributed by atoms with van der Waals surface area (Å²) in [6, 6.07) is 11.9. The van der Waals surface area contributed by atoms with Crippen LogP contribution in [0.15, 0.2) is 30.3 Å². The number of rotatable bonds is 5. The van der Waals surface area contributed by atoms with E-state index in [9.17, 15) is 14.9 Å². The molecule has 132 valence electrons. The fourth-order valence-corrected chi connectivity index (χ4v) is 3.89. The van der Waals surface area contributed by atoms with Crippen molar-refractivity contribution >= 4 is 11.9 Å². The van der Waals surface area contributed by atoms with Gasteiger partial charge in [-0.1, -0.05) is 56.0 Å². The molecular formula is C20H24N2O3. The molecule has 0 spiro atoms. The van der Waals surface area contributed by atoms with E-state index >= 15 is 0 Å². The summed E-state index contributed by atoms with van der Waals surface area (Å²) in [5.74, 6) is -0.728. The molecule has 1 amide bonds. The Bertz CT molecular complexity index is 668. The maximum atomic E-state index is 12.6. The van der Waals surface area contributed by atoms with Gasteiger partial charge >= 0.3 is 5.97 Å². The summed E-state index contributed by atoms with van der Waals surface area (Å²) in [6.45, 7) is -0.323. The third-order valence-corrected chi connectivity index (χ3v) is 5.56. The fraction of sp³-hybridized carbons (Fsp3) is 0.550. The number of ether oxygens (including phenoxy) is 1. The molecule has 3 rings (SSSR count). The van der Waals surface area contributed by atoms with Crippen LogP contribution in [0.25, 0.3) is 0 Å². The van der Waals surface area contributed by atoms with Gasteiger partial charge in [0.1, 0.15) is 5.54 Å². The van der Waals surface area contributed by atoms with Crippen molar-refractivity contribution < 1.29 is 14.3 Å². The molecule has 2 aliphatic carbocycles. The van der Waals surface area contributed by atoms with Gasteiger partial charge in [-0.15, -0.1) is 0 Å². The molecule has 0 bridgehead atoms. The van der Waals surface area contributed by atoms with Gasteiger partial charge in [-0.2, -0.15) is 5.26 Å². The van der Waals surface area contributed by atoms with Crippen molar-refractivity contribution in [3.8, 4) is 6.07 Å². The highest BCUT2D eigenvalue weighted by Gasteiger charge is 2.47. The number of hydrogen-bond acceptors (Lipinski definition) is 4. The van der Waals surface area contributed by atoms with Crippen molar-refractivity contribution in [1.82, 2.24) is 5.32 Å². The predicted molar refractivity (Wildman–Crippen MR) is 92.5 cm³/mol. The number of hydrogen-bond donors (Lipinski definition) is 1. The van der Waals surface area contributed by atoms with Crippen LogP contribution < -0.4 is 5.32 Å². The predicted octanol–water partition coefficient (Wildman–Crippen LogP) is 2.99. The van der Waals surface area contributed by atoms with Crippen molar-refractivity contribution in [2.24, 2.45) is 0 Å². The van der Waals surface area contributed by atoms with E-state index in [0.717, 1.165) is 44.1 Å². The second-order valence-corrected chi connectivity index (χ2v) is 7.18. The van der Waals surface area contributed by atoms with Gasteiger partial charge in [-0.25, -0.2) is 0 Å². The minimum Gasteiger partial charge on any atom is -0.455 e. The highest BCUT2D eigenvalue weighted by Crippen LogP contribution is 2.44. The van der Waals surface area contributed by atoms with Crippen LogP contribution in [-0.4, -0.2) is 24.0 Å². The van der Waals surface area contributed by atoms with Crippen LogP contribution in [-0.2, 0) is 19.7 Å². The summed E-state index contributed by atoms with van der Waals surface area (Å²) < 4.78 is 5.34. The third-order valence-electron chi connectivity index (χ3n) is 5.56. The summed E-state index contributed by atoms with van der Waals surface area (Å²) in [6.07, 6.45) is 6.77. The Labute approximate surface area is 148 Å². The molecule has 0 heterocycles. The lowest BCUT2D eigenvalue weighted by Crippen LogP contribution is -2.51. The molecule has 1 aromatic carbocycles. The summed E-state index contributed by atoms with van der Waals surface area (Å²) in [7, 11) is 0. The Kier molecular flexibility index (Phi) is 5.08. The Morgan fingerprint density at radius 3 is 2.28 bits per heavy atom. The minimum absolute atomic E-state index is 0.323. The second kappa shape index (κ2) is 7.26. The third kappa shape index (κ3) is 3.53. The molecule has 25 heavy (non-hydrogen) atoms. The van der Waals surface area contributed by atoms with Gasteiger partial charge in [0.15, 0.2) is 6.61 Å². The van der Waals surface area contributed by atoms with Crippen molar-refractivity contribution in [3.63, 3.8) is 0 Å². The molecular weight excluding hydrogens is 316 g/mol. The van der Waals surface area contributed by atoms with E-state index in [0.29, 0.717) is 12.8 Å². The number of carbonyl (C=O) groups is 2. The van der Waals surface area contributed by atoms with E-state index in [2.05, 4.69) is 11.4 Å². The summed E-state index contributed by atoms with van der Waals surface area (Å²) in [5, 5.41) is 12.2. The lowest BCUT2D eigenvalue weighted by atomic mass is 9.64. The maximum Gasteiger partial charge on any atom is 0.317 e. The van der Waals surface area contributed by atoms with Crippen LogP contribution in [0.3, 0.4) is 0 Å². The topological polar surface area (TPSA) is 79.2 Å². The quantitative estimate of drug-likeness (QED) is 0.836. The van der Waals surface area contributed by atoms with E-state index in [4.69, 9.17) is 4.74 Å². The molecule has 0 radical (unpaired) electrons. The van der Waals surface area contributed by atoms with E-state index in [-0.39, 0.29) is 18.5 Å². The summed E-state index contributed by atoms with van der Waals surface area (Å²) in [5.41, 5.74) is -0.457. The van der Waals surface area contributed by atoms with E-state index in [1.807, 2.05) is 30.3 Å². The first-order chi connectivity index (χ1) is 12.1. The van der Waals surface area contributed by atoms with Crippen LogP contribution in [0.2, 0.25) is 0 Å². The zero-order valence-corrected chi connectivity index (χ0v) is 14.4. The van der Waals surface area contributed by atoms with Gasteiger partial charge in [0.25, 0.3) is 5.91 Å². The highest BCUT2D eigenvalue weighted by atomic mass is 16.5. The van der Waals surface area contributed by atoms with Gasteiger partial charge in [-0.3, -0.25) is 9.59 Å². The Balaban J connectivity index is 1.58. The van der Waals surface area contributed by atoms with Crippen LogP contribution >= 0.6 is 0 Å². The Hall–Kier alpha value is -2.35. The zero-order chi connectivity index (χ0) is 17.8. The zero-order valence-electron chi connectivity index (χ0n) is 14.4. The first kappa shape index (κ1) is 17.5. The number of carbonyl (C=O) groups excluding carboxylic acids is 2. The number of nitrogens with zero attached hydrogens (tertiary/aromatic N) is 1. The van der Waals surface area contributed by atoms with Gasteiger partial charge < -0.3 is 10.1 Å². The van der Waals surface area contributed by atoms with Crippen LogP contribution in [0.1, 0.15) is 56.9 Å². The van der Waals surface area contributed by atoms with Gasteiger partial charge in [-0.05, 0) is 31.2 Å². The second-order valence-electron chi connectivity index (χ2n) is 7.18. The van der Waals surface area contributed by atoms with E-state index in [1.165, 1.54) is 0 Å². The minimum atomic E-state index is -0.796. The number of amides is 1. The molecule has 5 heteroatoms. The molecule has 2 fully saturated rings. The van der Waals surface area contributed by atoms with Gasteiger partial charge in [0.2, 0.25) is 0 Å². The Morgan fingerprint density at radius 1 is 1.04 bits per heavy atom. The smallest absolute Gasteiger partial charge is 0.317 e. The number of nitriles is 1. The maximum absolute atomic E-state index is 12.6. The molecule has 0 saturated heterocycles. The van der Waals surface area contributed by atoms with Crippen molar-refractivity contribution in [2.75, 3.05) is 6.61 Å². The molecule has 0 aromatic heterocycles. The molecule has 0 atom stereocenters. The number of nitrogens with one attached hydrogen (secondary N) is 1. The normalized spacial score (nSPS) is 20.6. The van der Waals surface area contributed by atoms with Crippen molar-refractivity contribution in [3.05, 3.63) is 35.9 Å². The summed E-state index contributed by atoms with van der Waals surface area (Å²) >= 11 is 0. The Morgan fingerprint density at radius 2 is 1.72 bits per heavy atom. The molecule has 1 N–H and O–H groups in total. The van der Waals surface area contributed by atoms with Crippen molar-refractivity contribution in [2.45, 2.75) is 62.3 Å². The van der Waals surface area contributed by atoms with Crippen LogP contribution in [0.5, 0.6) is 0 Å². The largest absolute Gasteiger partial charge is 0.455 e. The van der Waals surface area contributed by atoms with Crippen LogP contribution in [0.4, 0.5) is 0 Å². The fourth-order valence-electron chi connectivity index (χ4n) is 3.89. The first-order valence-electron chi connectivity index (χ1n) is 9.05. The highest BCUT2D eigenvalue weighted by molar-refractivity contribution is 5.87. The molecule has 0 unspecified atom stereocenters. The average Bonchev–Trinajstić information content (AvgIpc) is 2.61. The molecule has 2 saturated carbocycles. The first-order valence-corrected chi connectivity index (χ1v) is 9.05. The lowest BCUT2D eigenvalue weighted by Gasteiger charge is -2.39. The standard InChI is InChI=1S/C20H24N2O3/c21-15-19(10-5-2-6-11-19)22-17(23)14-25-18(24)20(12-7-13-20)16-8-3-1-4-9-16/h1,3-4,8-9H,2,5-7,10-14H2,(H,22,23). The van der Waals surface area contributed by atoms with Crippen molar-refractivity contribution in [1.29, 1.82) is 5.26 Å². The van der Waals surface area contributed by atoms with Crippen LogP contribution in [0, 0.1) is 11.3 Å². The van der Waals surface area contributed by atoms with Gasteiger partial charge in [0.05, 0.1) is 11.5 Å². The summed E-state index contributed by atoms with van der Waals surface area (Å²) in [4.78, 5) is 24.8. The molecule has 1 aromatic rings. The van der Waals surface area contributed by atoms with E-state index < -0.39 is 11.0 Å². The van der Waals surface area contributed by atoms with E-state index in [1.54, 1.807) is 0 Å². The monoisotopic (exact) mass is 340 g/mol. The van der Waals surface area contributed by atoms with Gasteiger partial charge in [0, 0.05) is 0 Å². The number of esters is 1. The lowest BCUT2D eigenvalue weighted by molar-refractivity contribution is -0.158. The average molecular weight is 340 g/mol.